The Morgan fingerprint density at radius 2 is 2.26 bits per heavy atom. The Morgan fingerprint density at radius 3 is 2.95 bits per heavy atom. The molecular weight excluding hydrogens is 568 g/mol. The van der Waals surface area contributed by atoms with Gasteiger partial charge in [0.1, 0.15) is 37.5 Å². The van der Waals surface area contributed by atoms with Crippen LogP contribution in [-0.2, 0) is 25.8 Å². The SMILES string of the molecule is CO/N=C(\C(=O)N[C@@H]1C(=O)N2C(C(=O)[O-])=C(C[n+]3ccn4c(SCCO)cccc43)CS[C@H]12)c1nsc(N)n1. The first-order valence-electron chi connectivity index (χ1n) is 11.5. The zero-order valence-electron chi connectivity index (χ0n) is 20.3. The highest BCUT2D eigenvalue weighted by molar-refractivity contribution is 8.00. The molecule has 0 saturated carbocycles. The molecule has 204 valence electrons. The van der Waals surface area contributed by atoms with Crippen molar-refractivity contribution in [2.24, 2.45) is 5.16 Å². The van der Waals surface area contributed by atoms with Crippen molar-refractivity contribution in [2.75, 3.05) is 31.0 Å². The van der Waals surface area contributed by atoms with Gasteiger partial charge in [0.2, 0.25) is 11.5 Å². The predicted molar refractivity (Wildman–Crippen MR) is 140 cm³/mol. The molecule has 4 N–H and O–H groups in total. The number of hydrogen-bond acceptors (Lipinski definition) is 13. The summed E-state index contributed by atoms with van der Waals surface area (Å²) in [5.41, 5.74) is 6.45. The first-order chi connectivity index (χ1) is 18.8. The van der Waals surface area contributed by atoms with Crippen molar-refractivity contribution < 1.29 is 34.0 Å². The van der Waals surface area contributed by atoms with Crippen LogP contribution >= 0.6 is 35.1 Å². The number of nitrogen functional groups attached to an aromatic ring is 1. The highest BCUT2D eigenvalue weighted by Crippen LogP contribution is 2.40. The number of aliphatic carboxylic acids is 1. The molecule has 14 nitrogen and oxygen atoms in total. The lowest BCUT2D eigenvalue weighted by Gasteiger charge is -2.50. The predicted octanol–water partition coefficient (Wildman–Crippen LogP) is -1.80. The Bertz CT molecular complexity index is 1520. The molecule has 5 rings (SSSR count). The first-order valence-corrected chi connectivity index (χ1v) is 14.3. The number of oxime groups is 1. The fraction of sp³-hybridized carbons (Fsp3) is 0.318. The Hall–Kier alpha value is -3.67. The molecule has 3 aromatic rings. The number of carbonyl (C=O) groups is 3. The third kappa shape index (κ3) is 5.05. The lowest BCUT2D eigenvalue weighted by Crippen LogP contribution is -2.71. The molecule has 17 heteroatoms. The van der Waals surface area contributed by atoms with Gasteiger partial charge in [-0.05, 0) is 12.1 Å². The number of aliphatic hydroxyl groups is 1. The van der Waals surface area contributed by atoms with E-state index in [1.54, 1.807) is 0 Å². The molecule has 5 heterocycles. The highest BCUT2D eigenvalue weighted by Gasteiger charge is 2.53. The van der Waals surface area contributed by atoms with Crippen LogP contribution in [-0.4, -0.2) is 83.9 Å². The summed E-state index contributed by atoms with van der Waals surface area (Å²) < 4.78 is 7.78. The standard InChI is InChI=1S/C22H22N8O6S3/c1-36-26-14(17-25-22(23)39-27-17)18(32)24-15-19(33)30-16(21(34)35)11(10-38-20(15)30)9-28-5-6-29-12(28)3-2-4-13(29)37-8-7-31/h2-6,15,20,31H,7-10H2,1H3,(H3-,23,24,25,27,32,34,35)/b26-14-/t15-,20-/m1/s1. The summed E-state index contributed by atoms with van der Waals surface area (Å²) >= 11 is 3.70. The van der Waals surface area contributed by atoms with Crippen molar-refractivity contribution in [2.45, 2.75) is 23.0 Å². The van der Waals surface area contributed by atoms with Gasteiger partial charge in [-0.2, -0.15) is 13.8 Å². The van der Waals surface area contributed by atoms with Crippen LogP contribution in [0.15, 0.2) is 52.0 Å². The number of β-lactam (4-membered cyclic amide) rings is 1. The van der Waals surface area contributed by atoms with Crippen molar-refractivity contribution in [3.8, 4) is 0 Å². The Morgan fingerprint density at radius 1 is 1.44 bits per heavy atom. The molecule has 0 unspecified atom stereocenters. The second-order valence-corrected chi connectivity index (χ2v) is 11.3. The molecule has 0 radical (unpaired) electrons. The van der Waals surface area contributed by atoms with E-state index >= 15 is 0 Å². The van der Waals surface area contributed by atoms with Crippen molar-refractivity contribution in [3.05, 3.63) is 47.7 Å². The zero-order valence-corrected chi connectivity index (χ0v) is 22.8. The number of carboxylic acid groups (broad SMARTS) is 1. The number of amides is 2. The number of carbonyl (C=O) groups excluding carboxylic acids is 3. The van der Waals surface area contributed by atoms with Crippen molar-refractivity contribution in [1.82, 2.24) is 24.0 Å². The topological polar surface area (TPSA) is 191 Å². The second kappa shape index (κ2) is 11.2. The van der Waals surface area contributed by atoms with Crippen LogP contribution in [0.2, 0.25) is 0 Å². The first kappa shape index (κ1) is 26.9. The number of aromatic nitrogens is 4. The minimum absolute atomic E-state index is 0.0464. The number of rotatable bonds is 10. The van der Waals surface area contributed by atoms with Crippen LogP contribution in [0, 0.1) is 0 Å². The number of pyridine rings is 1. The summed E-state index contributed by atoms with van der Waals surface area (Å²) in [6.45, 7) is 0.265. The summed E-state index contributed by atoms with van der Waals surface area (Å²) in [5.74, 6) is -2.03. The van der Waals surface area contributed by atoms with Gasteiger partial charge in [-0.1, -0.05) is 16.9 Å². The van der Waals surface area contributed by atoms with E-state index in [2.05, 4.69) is 19.8 Å². The van der Waals surface area contributed by atoms with E-state index in [-0.39, 0.29) is 35.5 Å². The molecule has 2 atom stereocenters. The summed E-state index contributed by atoms with van der Waals surface area (Å²) in [7, 11) is 1.25. The molecule has 1 saturated heterocycles. The van der Waals surface area contributed by atoms with Gasteiger partial charge in [-0.25, -0.2) is 4.57 Å². The van der Waals surface area contributed by atoms with E-state index in [9.17, 15) is 19.5 Å². The van der Waals surface area contributed by atoms with Gasteiger partial charge in [-0.15, -0.1) is 11.8 Å². The molecule has 3 aromatic heterocycles. The Balaban J connectivity index is 1.36. The number of carboxylic acids is 1. The minimum atomic E-state index is -1.47. The fourth-order valence-corrected chi connectivity index (χ4v) is 6.85. The fourth-order valence-electron chi connectivity index (χ4n) is 4.31. The number of imidazole rings is 1. The largest absolute Gasteiger partial charge is 0.543 e. The minimum Gasteiger partial charge on any atom is -0.543 e. The molecule has 0 aromatic carbocycles. The van der Waals surface area contributed by atoms with Gasteiger partial charge < -0.3 is 30.9 Å². The second-order valence-electron chi connectivity index (χ2n) is 8.27. The van der Waals surface area contributed by atoms with Crippen LogP contribution in [0.25, 0.3) is 5.65 Å². The summed E-state index contributed by atoms with van der Waals surface area (Å²) in [4.78, 5) is 48.0. The van der Waals surface area contributed by atoms with E-state index in [4.69, 9.17) is 15.7 Å². The number of nitrogens with one attached hydrogen (secondary N) is 1. The average Bonchev–Trinajstić information content (AvgIpc) is 3.54. The number of thioether (sulfide) groups is 2. The van der Waals surface area contributed by atoms with Gasteiger partial charge in [0.25, 0.3) is 17.5 Å². The van der Waals surface area contributed by atoms with Gasteiger partial charge in [0.15, 0.2) is 10.2 Å². The Kier molecular flexibility index (Phi) is 7.74. The Labute approximate surface area is 233 Å². The highest BCUT2D eigenvalue weighted by atomic mass is 32.2. The number of fused-ring (bicyclic) bond motifs is 2. The maximum atomic E-state index is 13.1. The molecule has 2 amide bonds. The molecule has 0 bridgehead atoms. The molecule has 39 heavy (non-hydrogen) atoms. The monoisotopic (exact) mass is 590 g/mol. The zero-order chi connectivity index (χ0) is 27.7. The normalized spacial score (nSPS) is 19.2. The smallest absolute Gasteiger partial charge is 0.287 e. The third-order valence-corrected chi connectivity index (χ3v) is 8.84. The van der Waals surface area contributed by atoms with Gasteiger partial charge in [0.05, 0.1) is 18.3 Å². The van der Waals surface area contributed by atoms with Crippen LogP contribution in [0.3, 0.4) is 0 Å². The number of hydrogen-bond donors (Lipinski definition) is 3. The van der Waals surface area contributed by atoms with Gasteiger partial charge >= 0.3 is 0 Å². The van der Waals surface area contributed by atoms with E-state index in [1.165, 1.54) is 30.6 Å². The lowest BCUT2D eigenvalue weighted by atomic mass is 10.0. The van der Waals surface area contributed by atoms with E-state index in [0.29, 0.717) is 17.1 Å². The van der Waals surface area contributed by atoms with E-state index < -0.39 is 29.2 Å². The summed E-state index contributed by atoms with van der Waals surface area (Å²) in [6, 6.07) is 4.71. The summed E-state index contributed by atoms with van der Waals surface area (Å²) in [5, 5.41) is 28.0. The van der Waals surface area contributed by atoms with Gasteiger partial charge in [-0.3, -0.25) is 14.5 Å². The molecule has 2 aliphatic rings. The van der Waals surface area contributed by atoms with E-state index in [1.807, 2.05) is 39.6 Å². The van der Waals surface area contributed by atoms with Crippen LogP contribution in [0.4, 0.5) is 5.13 Å². The van der Waals surface area contributed by atoms with Crippen molar-refractivity contribution in [3.63, 3.8) is 0 Å². The van der Waals surface area contributed by atoms with Crippen LogP contribution < -0.4 is 20.7 Å². The average molecular weight is 591 g/mol. The lowest BCUT2D eigenvalue weighted by molar-refractivity contribution is -0.662. The van der Waals surface area contributed by atoms with Crippen molar-refractivity contribution in [1.29, 1.82) is 0 Å². The number of nitrogens with two attached hydrogens (primary N) is 1. The maximum absolute atomic E-state index is 13.1. The van der Waals surface area contributed by atoms with Crippen LogP contribution in [0.5, 0.6) is 0 Å². The quantitative estimate of drug-likeness (QED) is 0.0793. The van der Waals surface area contributed by atoms with Crippen molar-refractivity contribution >= 4 is 69.3 Å². The molecule has 0 spiro atoms. The number of anilines is 1. The number of aliphatic hydroxyl groups excluding tert-OH is 1. The summed E-state index contributed by atoms with van der Waals surface area (Å²) in [6.07, 6.45) is 3.68. The molecule has 1 fully saturated rings. The molecule has 0 aliphatic carbocycles. The third-order valence-electron chi connectivity index (χ3n) is 5.94. The number of nitrogens with zero attached hydrogens (tertiary/aromatic N) is 6. The molecule has 2 aliphatic heterocycles. The van der Waals surface area contributed by atoms with Gasteiger partial charge in [0, 0.05) is 34.7 Å². The maximum Gasteiger partial charge on any atom is 0.287 e. The molecular formula is C22H22N8O6S3. The van der Waals surface area contributed by atoms with Crippen LogP contribution in [0.1, 0.15) is 5.82 Å². The van der Waals surface area contributed by atoms with E-state index in [0.717, 1.165) is 27.1 Å².